The van der Waals surface area contributed by atoms with Gasteiger partial charge in [0.05, 0.1) is 9.40 Å². The highest BCUT2D eigenvalue weighted by molar-refractivity contribution is 9.10. The van der Waals surface area contributed by atoms with E-state index in [0.29, 0.717) is 16.3 Å². The summed E-state index contributed by atoms with van der Waals surface area (Å²) in [6.45, 7) is 5.19. The number of likely N-dealkylation sites (tertiary alicyclic amines) is 1. The average Bonchev–Trinajstić information content (AvgIpc) is 2.84. The molecule has 1 aliphatic heterocycles. The van der Waals surface area contributed by atoms with Crippen LogP contribution in [0, 0.1) is 10.1 Å². The van der Waals surface area contributed by atoms with Gasteiger partial charge in [-0.05, 0) is 41.9 Å². The summed E-state index contributed by atoms with van der Waals surface area (Å²) in [4.78, 5) is 16.7. The summed E-state index contributed by atoms with van der Waals surface area (Å²) in [6, 6.07) is 2.00. The number of likely N-dealkylation sites (N-methyl/N-ethyl adjacent to an activating group) is 1. The first-order valence-electron chi connectivity index (χ1n) is 6.39. The van der Waals surface area contributed by atoms with Gasteiger partial charge in [0.2, 0.25) is 0 Å². The zero-order chi connectivity index (χ0) is 13.8. The van der Waals surface area contributed by atoms with Crippen LogP contribution < -0.4 is 5.32 Å². The van der Waals surface area contributed by atoms with Gasteiger partial charge in [0, 0.05) is 18.7 Å². The molecule has 6 nitrogen and oxygen atoms in total. The molecule has 104 valence electrons. The smallest absolute Gasteiger partial charge is 0.288 e. The van der Waals surface area contributed by atoms with Crippen LogP contribution in [0.4, 0.5) is 11.5 Å². The van der Waals surface area contributed by atoms with Crippen LogP contribution in [-0.4, -0.2) is 40.5 Å². The molecule has 0 amide bonds. The van der Waals surface area contributed by atoms with E-state index in [4.69, 9.17) is 0 Å². The van der Waals surface area contributed by atoms with E-state index in [2.05, 4.69) is 38.1 Å². The third-order valence-electron chi connectivity index (χ3n) is 3.45. The quantitative estimate of drug-likeness (QED) is 0.664. The van der Waals surface area contributed by atoms with Gasteiger partial charge in [0.1, 0.15) is 12.0 Å². The Labute approximate surface area is 120 Å². The Morgan fingerprint density at radius 3 is 3.11 bits per heavy atom. The van der Waals surface area contributed by atoms with Crippen molar-refractivity contribution in [2.24, 2.45) is 0 Å². The van der Waals surface area contributed by atoms with Crippen molar-refractivity contribution in [1.29, 1.82) is 0 Å². The lowest BCUT2D eigenvalue weighted by atomic mass is 10.2. The summed E-state index contributed by atoms with van der Waals surface area (Å²) in [5.74, 6) is 0.661. The van der Waals surface area contributed by atoms with Crippen LogP contribution in [0.25, 0.3) is 0 Å². The molecule has 0 spiro atoms. The Bertz CT molecular complexity index is 469. The second-order valence-corrected chi connectivity index (χ2v) is 5.44. The molecule has 1 aromatic rings. The van der Waals surface area contributed by atoms with Gasteiger partial charge in [0.25, 0.3) is 5.69 Å². The fourth-order valence-electron chi connectivity index (χ4n) is 2.41. The predicted molar refractivity (Wildman–Crippen MR) is 77.4 cm³/mol. The van der Waals surface area contributed by atoms with Gasteiger partial charge in [-0.2, -0.15) is 0 Å². The van der Waals surface area contributed by atoms with Crippen LogP contribution in [-0.2, 0) is 0 Å². The molecular weight excluding hydrogens is 312 g/mol. The van der Waals surface area contributed by atoms with Gasteiger partial charge in [-0.15, -0.1) is 0 Å². The first kappa shape index (κ1) is 14.2. The van der Waals surface area contributed by atoms with E-state index in [1.807, 2.05) is 0 Å². The predicted octanol–water partition coefficient (Wildman–Crippen LogP) is 2.65. The van der Waals surface area contributed by atoms with Crippen LogP contribution >= 0.6 is 15.9 Å². The molecule has 1 aliphatic rings. The van der Waals surface area contributed by atoms with Crippen molar-refractivity contribution in [1.82, 2.24) is 9.88 Å². The SMILES string of the molecule is CCN1CCCC1CNc1ncc([N+](=O)[O-])cc1Br. The number of rotatable bonds is 5. The number of nitrogens with one attached hydrogen (secondary N) is 1. The molecule has 0 saturated carbocycles. The van der Waals surface area contributed by atoms with Crippen LogP contribution in [0.2, 0.25) is 0 Å². The van der Waals surface area contributed by atoms with Crippen molar-refractivity contribution in [2.45, 2.75) is 25.8 Å². The van der Waals surface area contributed by atoms with Gasteiger partial charge < -0.3 is 5.32 Å². The van der Waals surface area contributed by atoms with E-state index in [1.54, 1.807) is 0 Å². The molecular formula is C12H17BrN4O2. The lowest BCUT2D eigenvalue weighted by Gasteiger charge is -2.23. The maximum atomic E-state index is 10.6. The molecule has 19 heavy (non-hydrogen) atoms. The normalized spacial score (nSPS) is 19.6. The molecule has 1 unspecified atom stereocenters. The summed E-state index contributed by atoms with van der Waals surface area (Å²) >= 11 is 3.31. The lowest BCUT2D eigenvalue weighted by Crippen LogP contribution is -2.34. The van der Waals surface area contributed by atoms with Crippen molar-refractivity contribution in [3.63, 3.8) is 0 Å². The largest absolute Gasteiger partial charge is 0.368 e. The van der Waals surface area contributed by atoms with Gasteiger partial charge >= 0.3 is 0 Å². The van der Waals surface area contributed by atoms with E-state index in [0.717, 1.165) is 19.6 Å². The zero-order valence-corrected chi connectivity index (χ0v) is 12.4. The van der Waals surface area contributed by atoms with E-state index in [9.17, 15) is 10.1 Å². The molecule has 2 heterocycles. The molecule has 2 rings (SSSR count). The Morgan fingerprint density at radius 1 is 1.68 bits per heavy atom. The fourth-order valence-corrected chi connectivity index (χ4v) is 2.89. The molecule has 1 fully saturated rings. The average molecular weight is 329 g/mol. The summed E-state index contributed by atoms with van der Waals surface area (Å²) in [5.41, 5.74) is -0.00604. The third kappa shape index (κ3) is 3.42. The summed E-state index contributed by atoms with van der Waals surface area (Å²) in [5, 5.41) is 13.9. The topological polar surface area (TPSA) is 71.3 Å². The number of halogens is 1. The van der Waals surface area contributed by atoms with Crippen LogP contribution in [0.1, 0.15) is 19.8 Å². The number of anilines is 1. The van der Waals surface area contributed by atoms with Crippen molar-refractivity contribution in [3.8, 4) is 0 Å². The minimum Gasteiger partial charge on any atom is -0.368 e. The fraction of sp³-hybridized carbons (Fsp3) is 0.583. The van der Waals surface area contributed by atoms with Gasteiger partial charge in [-0.1, -0.05) is 6.92 Å². The summed E-state index contributed by atoms with van der Waals surface area (Å²) in [7, 11) is 0. The second-order valence-electron chi connectivity index (χ2n) is 4.59. The van der Waals surface area contributed by atoms with Crippen molar-refractivity contribution >= 4 is 27.4 Å². The van der Waals surface area contributed by atoms with Gasteiger partial charge in [-0.3, -0.25) is 15.0 Å². The Balaban J connectivity index is 1.98. The molecule has 1 aromatic heterocycles. The van der Waals surface area contributed by atoms with Crippen molar-refractivity contribution in [3.05, 3.63) is 26.9 Å². The Kier molecular flexibility index (Phi) is 4.71. The first-order chi connectivity index (χ1) is 9.11. The van der Waals surface area contributed by atoms with Gasteiger partial charge in [-0.25, -0.2) is 4.98 Å². The lowest BCUT2D eigenvalue weighted by molar-refractivity contribution is -0.385. The molecule has 0 aromatic carbocycles. The first-order valence-corrected chi connectivity index (χ1v) is 7.19. The highest BCUT2D eigenvalue weighted by Crippen LogP contribution is 2.25. The third-order valence-corrected chi connectivity index (χ3v) is 4.05. The number of aromatic nitrogens is 1. The van der Waals surface area contributed by atoms with E-state index in [1.165, 1.54) is 25.1 Å². The highest BCUT2D eigenvalue weighted by Gasteiger charge is 2.23. The molecule has 1 N–H and O–H groups in total. The van der Waals surface area contributed by atoms with Gasteiger partial charge in [0.15, 0.2) is 0 Å². The highest BCUT2D eigenvalue weighted by atomic mass is 79.9. The monoisotopic (exact) mass is 328 g/mol. The number of nitro groups is 1. The molecule has 0 radical (unpaired) electrons. The number of hydrogen-bond donors (Lipinski definition) is 1. The molecule has 1 saturated heterocycles. The number of pyridine rings is 1. The van der Waals surface area contributed by atoms with Crippen LogP contribution in [0.15, 0.2) is 16.7 Å². The Hall–Kier alpha value is -1.21. The van der Waals surface area contributed by atoms with E-state index < -0.39 is 4.92 Å². The second kappa shape index (κ2) is 6.29. The van der Waals surface area contributed by atoms with E-state index >= 15 is 0 Å². The summed E-state index contributed by atoms with van der Waals surface area (Å²) < 4.78 is 0.628. The molecule has 0 aliphatic carbocycles. The summed E-state index contributed by atoms with van der Waals surface area (Å²) in [6.07, 6.45) is 3.69. The molecule has 0 bridgehead atoms. The number of nitrogens with zero attached hydrogens (tertiary/aromatic N) is 3. The van der Waals surface area contributed by atoms with Crippen molar-refractivity contribution in [2.75, 3.05) is 25.0 Å². The maximum Gasteiger partial charge on any atom is 0.288 e. The van der Waals surface area contributed by atoms with Crippen LogP contribution in [0.5, 0.6) is 0 Å². The zero-order valence-electron chi connectivity index (χ0n) is 10.8. The van der Waals surface area contributed by atoms with E-state index in [-0.39, 0.29) is 5.69 Å². The minimum atomic E-state index is -0.447. The Morgan fingerprint density at radius 2 is 2.47 bits per heavy atom. The molecule has 1 atom stereocenters. The minimum absolute atomic E-state index is 0.00604. The maximum absolute atomic E-state index is 10.6. The standard InChI is InChI=1S/C12H17BrN4O2/c1-2-16-5-3-4-9(16)7-14-12-11(13)6-10(8-15-12)17(18)19/h6,8-9H,2-5,7H2,1H3,(H,14,15). The molecule has 7 heteroatoms. The number of hydrogen-bond acceptors (Lipinski definition) is 5. The van der Waals surface area contributed by atoms with Crippen molar-refractivity contribution < 1.29 is 4.92 Å². The van der Waals surface area contributed by atoms with Crippen LogP contribution in [0.3, 0.4) is 0 Å².